The second-order valence-electron chi connectivity index (χ2n) is 4.11. The van der Waals surface area contributed by atoms with Crippen LogP contribution >= 0.6 is 0 Å². The van der Waals surface area contributed by atoms with Crippen LogP contribution in [0.25, 0.3) is 0 Å². The first-order valence-electron chi connectivity index (χ1n) is 4.66. The molecule has 0 saturated carbocycles. The Kier molecular flexibility index (Phi) is 5.77. The molecule has 0 aromatic carbocycles. The van der Waals surface area contributed by atoms with Gasteiger partial charge in [-0.25, -0.2) is 0 Å². The Morgan fingerprint density at radius 2 is 2.08 bits per heavy atom. The number of rotatable bonds is 4. The number of methoxy groups -OCH3 is 1. The maximum absolute atomic E-state index is 5.25. The van der Waals surface area contributed by atoms with E-state index in [-0.39, 0.29) is 6.10 Å². The summed E-state index contributed by atoms with van der Waals surface area (Å²) in [5.74, 6) is 3.19. The molecule has 0 fully saturated rings. The Morgan fingerprint density at radius 3 is 2.46 bits per heavy atom. The molecule has 0 aliphatic carbocycles. The topological polar surface area (TPSA) is 9.23 Å². The van der Waals surface area contributed by atoms with Crippen molar-refractivity contribution in [1.29, 1.82) is 0 Å². The van der Waals surface area contributed by atoms with Crippen LogP contribution in [0.3, 0.4) is 0 Å². The molecule has 0 heterocycles. The van der Waals surface area contributed by atoms with E-state index in [0.717, 1.165) is 12.8 Å². The van der Waals surface area contributed by atoms with E-state index in [0.29, 0.717) is 0 Å². The maximum Gasteiger partial charge on any atom is 0.129 e. The minimum absolute atomic E-state index is 0.0877. The highest BCUT2D eigenvalue weighted by Gasteiger charge is 2.09. The molecule has 0 spiro atoms. The number of hydrogen-bond donors (Lipinski definition) is 0. The van der Waals surface area contributed by atoms with Crippen LogP contribution < -0.4 is 0 Å². The fourth-order valence-electron chi connectivity index (χ4n) is 0.815. The Balaban J connectivity index is 4.08. The van der Waals surface area contributed by atoms with Crippen molar-refractivity contribution in [2.24, 2.45) is 0 Å². The molecule has 0 radical (unpaired) electrons. The SMILES string of the molecule is C=CCCC(C#C[Si](C)(C)C)OC. The van der Waals surface area contributed by atoms with Gasteiger partial charge >= 0.3 is 0 Å². The van der Waals surface area contributed by atoms with Crippen molar-refractivity contribution in [2.45, 2.75) is 38.6 Å². The third-order valence-electron chi connectivity index (χ3n) is 1.53. The minimum atomic E-state index is -1.24. The van der Waals surface area contributed by atoms with Gasteiger partial charge in [-0.1, -0.05) is 31.6 Å². The zero-order chi connectivity index (χ0) is 10.3. The van der Waals surface area contributed by atoms with Gasteiger partial charge in [-0.15, -0.1) is 12.1 Å². The van der Waals surface area contributed by atoms with E-state index >= 15 is 0 Å². The first-order chi connectivity index (χ1) is 5.99. The van der Waals surface area contributed by atoms with Gasteiger partial charge in [0.05, 0.1) is 0 Å². The first kappa shape index (κ1) is 12.5. The zero-order valence-electron chi connectivity index (χ0n) is 9.18. The largest absolute Gasteiger partial charge is 0.369 e. The van der Waals surface area contributed by atoms with Crippen LogP contribution in [0.15, 0.2) is 12.7 Å². The van der Waals surface area contributed by atoms with Crippen molar-refractivity contribution in [3.05, 3.63) is 12.7 Å². The Labute approximate surface area is 83.2 Å². The molecular formula is C11H20OSi. The molecule has 0 aromatic heterocycles. The van der Waals surface area contributed by atoms with Crippen LogP contribution in [0.1, 0.15) is 12.8 Å². The molecule has 0 aliphatic heterocycles. The van der Waals surface area contributed by atoms with Crippen LogP contribution in [0.5, 0.6) is 0 Å². The van der Waals surface area contributed by atoms with Gasteiger partial charge in [-0.3, -0.25) is 0 Å². The molecule has 0 rings (SSSR count). The van der Waals surface area contributed by atoms with Crippen molar-refractivity contribution in [1.82, 2.24) is 0 Å². The maximum atomic E-state index is 5.25. The van der Waals surface area contributed by atoms with Crippen LogP contribution in [0.2, 0.25) is 19.6 Å². The quantitative estimate of drug-likeness (QED) is 0.382. The average Bonchev–Trinajstić information content (AvgIpc) is 2.03. The lowest BCUT2D eigenvalue weighted by molar-refractivity contribution is 0.142. The summed E-state index contributed by atoms with van der Waals surface area (Å²) >= 11 is 0. The highest BCUT2D eigenvalue weighted by Crippen LogP contribution is 2.02. The molecule has 0 saturated heterocycles. The molecule has 0 aliphatic rings. The second kappa shape index (κ2) is 6.01. The van der Waals surface area contributed by atoms with Gasteiger partial charge in [0.25, 0.3) is 0 Å². The van der Waals surface area contributed by atoms with Crippen molar-refractivity contribution in [3.63, 3.8) is 0 Å². The summed E-state index contributed by atoms with van der Waals surface area (Å²) in [6.07, 6.45) is 3.92. The highest BCUT2D eigenvalue weighted by molar-refractivity contribution is 6.83. The van der Waals surface area contributed by atoms with E-state index in [2.05, 4.69) is 37.7 Å². The number of hydrogen-bond acceptors (Lipinski definition) is 1. The van der Waals surface area contributed by atoms with Gasteiger partial charge in [0, 0.05) is 7.11 Å². The summed E-state index contributed by atoms with van der Waals surface area (Å²) in [5.41, 5.74) is 3.31. The summed E-state index contributed by atoms with van der Waals surface area (Å²) in [5, 5.41) is 0. The molecule has 1 nitrogen and oxygen atoms in total. The molecule has 0 amide bonds. The number of allylic oxidation sites excluding steroid dienone is 1. The summed E-state index contributed by atoms with van der Waals surface area (Å²) in [4.78, 5) is 0. The average molecular weight is 196 g/mol. The Morgan fingerprint density at radius 1 is 1.46 bits per heavy atom. The van der Waals surface area contributed by atoms with Gasteiger partial charge in [0.1, 0.15) is 14.2 Å². The first-order valence-corrected chi connectivity index (χ1v) is 8.16. The molecule has 13 heavy (non-hydrogen) atoms. The molecule has 1 unspecified atom stereocenters. The fraction of sp³-hybridized carbons (Fsp3) is 0.636. The lowest BCUT2D eigenvalue weighted by Gasteiger charge is -2.09. The van der Waals surface area contributed by atoms with Crippen LogP contribution in [-0.4, -0.2) is 21.3 Å². The molecule has 1 atom stereocenters. The minimum Gasteiger partial charge on any atom is -0.369 e. The van der Waals surface area contributed by atoms with Gasteiger partial charge in [0.2, 0.25) is 0 Å². The van der Waals surface area contributed by atoms with Gasteiger partial charge in [-0.05, 0) is 12.8 Å². The summed E-state index contributed by atoms with van der Waals surface area (Å²) in [6, 6.07) is 0. The van der Waals surface area contributed by atoms with Crippen LogP contribution in [0.4, 0.5) is 0 Å². The van der Waals surface area contributed by atoms with Gasteiger partial charge in [0.15, 0.2) is 0 Å². The van der Waals surface area contributed by atoms with E-state index in [1.165, 1.54) is 0 Å². The smallest absolute Gasteiger partial charge is 0.129 e. The lowest BCUT2D eigenvalue weighted by atomic mass is 10.2. The van der Waals surface area contributed by atoms with Crippen molar-refractivity contribution < 1.29 is 4.74 Å². The normalized spacial score (nSPS) is 12.9. The third kappa shape index (κ3) is 7.83. The van der Waals surface area contributed by atoms with Gasteiger partial charge in [-0.2, -0.15) is 0 Å². The summed E-state index contributed by atoms with van der Waals surface area (Å²) in [6.45, 7) is 10.4. The van der Waals surface area contributed by atoms with E-state index in [4.69, 9.17) is 4.74 Å². The van der Waals surface area contributed by atoms with E-state index in [1.54, 1.807) is 7.11 Å². The molecule has 0 aromatic rings. The Bertz CT molecular complexity index is 204. The predicted octanol–water partition coefficient (Wildman–Crippen LogP) is 2.85. The molecule has 74 valence electrons. The van der Waals surface area contributed by atoms with Crippen molar-refractivity contribution in [3.8, 4) is 11.5 Å². The molecular weight excluding hydrogens is 176 g/mol. The summed E-state index contributed by atoms with van der Waals surface area (Å²) in [7, 11) is 0.473. The molecule has 2 heteroatoms. The van der Waals surface area contributed by atoms with Crippen LogP contribution in [-0.2, 0) is 4.74 Å². The number of ether oxygens (including phenoxy) is 1. The van der Waals surface area contributed by atoms with Crippen molar-refractivity contribution >= 4 is 8.07 Å². The van der Waals surface area contributed by atoms with Gasteiger partial charge < -0.3 is 4.74 Å². The summed E-state index contributed by atoms with van der Waals surface area (Å²) < 4.78 is 5.25. The van der Waals surface area contributed by atoms with E-state index in [1.807, 2.05) is 6.08 Å². The third-order valence-corrected chi connectivity index (χ3v) is 2.42. The van der Waals surface area contributed by atoms with E-state index < -0.39 is 8.07 Å². The molecule has 0 bridgehead atoms. The fourth-order valence-corrected chi connectivity index (χ4v) is 1.41. The standard InChI is InChI=1S/C11H20OSi/c1-6-7-8-11(12-2)9-10-13(3,4)5/h6,11H,1,7-8H2,2-5H3. The lowest BCUT2D eigenvalue weighted by Crippen LogP contribution is -2.18. The highest BCUT2D eigenvalue weighted by atomic mass is 28.3. The van der Waals surface area contributed by atoms with Crippen LogP contribution in [0, 0.1) is 11.5 Å². The van der Waals surface area contributed by atoms with E-state index in [9.17, 15) is 0 Å². The zero-order valence-corrected chi connectivity index (χ0v) is 10.2. The van der Waals surface area contributed by atoms with Crippen molar-refractivity contribution in [2.75, 3.05) is 7.11 Å². The predicted molar refractivity (Wildman–Crippen MR) is 61.4 cm³/mol. The Hall–Kier alpha value is -0.523. The molecule has 0 N–H and O–H groups in total. The second-order valence-corrected chi connectivity index (χ2v) is 8.86. The monoisotopic (exact) mass is 196 g/mol.